The summed E-state index contributed by atoms with van der Waals surface area (Å²) >= 11 is 4.29. The second-order valence-electron chi connectivity index (χ2n) is 0.569. The number of carbonyl (C=O) groups is 1. The summed E-state index contributed by atoms with van der Waals surface area (Å²) in [6.45, 7) is 0. The Kier molecular flexibility index (Phi) is 16.7. The van der Waals surface area contributed by atoms with Crippen LogP contribution in [0.25, 0.3) is 0 Å². The van der Waals surface area contributed by atoms with Gasteiger partial charge in [-0.25, -0.2) is 0 Å². The summed E-state index contributed by atoms with van der Waals surface area (Å²) in [5.41, 5.74) is 0. The summed E-state index contributed by atoms with van der Waals surface area (Å²) in [6, 6.07) is 0. The van der Waals surface area contributed by atoms with E-state index in [1.807, 2.05) is 0 Å². The van der Waals surface area contributed by atoms with Crippen molar-refractivity contribution in [1.82, 2.24) is 0 Å². The first kappa shape index (κ1) is 10.4. The van der Waals surface area contributed by atoms with Crippen LogP contribution in [0.4, 0.5) is 0 Å². The Hall–Kier alpha value is 1.40. The first-order valence-electron chi connectivity index (χ1n) is 1.29. The van der Waals surface area contributed by atoms with Gasteiger partial charge < -0.3 is 6.22 Å². The van der Waals surface area contributed by atoms with Crippen molar-refractivity contribution in [2.24, 2.45) is 0 Å². The SMILES string of the molecule is O=CCC=S.[H-].[K+]. The van der Waals surface area contributed by atoms with Gasteiger partial charge in [-0.15, -0.1) is 0 Å². The molecule has 0 unspecified atom stereocenters. The summed E-state index contributed by atoms with van der Waals surface area (Å²) < 4.78 is 0. The van der Waals surface area contributed by atoms with Crippen LogP contribution in [0.3, 0.4) is 0 Å². The Morgan fingerprint density at radius 1 is 1.83 bits per heavy atom. The van der Waals surface area contributed by atoms with Crippen molar-refractivity contribution in [2.75, 3.05) is 0 Å². The van der Waals surface area contributed by atoms with Crippen molar-refractivity contribution < 1.29 is 57.6 Å². The van der Waals surface area contributed by atoms with Crippen LogP contribution < -0.4 is 51.4 Å². The van der Waals surface area contributed by atoms with Gasteiger partial charge in [-0.1, -0.05) is 12.2 Å². The average molecular weight is 128 g/mol. The Balaban J connectivity index is -0.0000000800. The zero-order chi connectivity index (χ0) is 4.12. The van der Waals surface area contributed by atoms with E-state index in [1.165, 1.54) is 5.37 Å². The minimum atomic E-state index is 0. The third-order valence-corrected chi connectivity index (χ3v) is 0.385. The molecule has 0 bridgehead atoms. The van der Waals surface area contributed by atoms with Crippen molar-refractivity contribution in [3.63, 3.8) is 0 Å². The predicted molar refractivity (Wildman–Crippen MR) is 25.4 cm³/mol. The molecule has 0 radical (unpaired) electrons. The predicted octanol–water partition coefficient (Wildman–Crippen LogP) is -2.31. The standard InChI is InChI=1S/C3H4OS.K.H/c4-2-1-3-5;;/h2-3H,1H2;;/q;+1;-1. The molecule has 0 spiro atoms. The molecule has 0 aromatic carbocycles. The first-order chi connectivity index (χ1) is 2.41. The van der Waals surface area contributed by atoms with E-state index in [0.29, 0.717) is 6.42 Å². The van der Waals surface area contributed by atoms with Crippen LogP contribution >= 0.6 is 12.2 Å². The van der Waals surface area contributed by atoms with E-state index >= 15 is 0 Å². The summed E-state index contributed by atoms with van der Waals surface area (Å²) in [5, 5.41) is 1.40. The van der Waals surface area contributed by atoms with Crippen molar-refractivity contribution in [3.8, 4) is 0 Å². The Bertz CT molecular complexity index is 44.2. The maximum Gasteiger partial charge on any atom is 1.00 e. The molecule has 0 atom stereocenters. The smallest absolute Gasteiger partial charge is 1.00 e. The molecule has 0 saturated carbocycles. The van der Waals surface area contributed by atoms with Gasteiger partial charge in [0, 0.05) is 6.42 Å². The van der Waals surface area contributed by atoms with Crippen LogP contribution in [0.1, 0.15) is 7.85 Å². The minimum absolute atomic E-state index is 0. The molecular formula is C3H5KOS. The van der Waals surface area contributed by atoms with E-state index < -0.39 is 0 Å². The van der Waals surface area contributed by atoms with E-state index in [-0.39, 0.29) is 52.8 Å². The van der Waals surface area contributed by atoms with E-state index in [0.717, 1.165) is 6.29 Å². The van der Waals surface area contributed by atoms with Gasteiger partial charge in [0.25, 0.3) is 0 Å². The number of thiocarbonyl (C=S) groups is 1. The van der Waals surface area contributed by atoms with Gasteiger partial charge in [0.2, 0.25) is 0 Å². The molecule has 0 aromatic rings. The molecular weight excluding hydrogens is 123 g/mol. The molecule has 30 valence electrons. The van der Waals surface area contributed by atoms with Crippen LogP contribution in [0.5, 0.6) is 0 Å². The van der Waals surface area contributed by atoms with Gasteiger partial charge in [0.15, 0.2) is 0 Å². The van der Waals surface area contributed by atoms with Gasteiger partial charge in [-0.3, -0.25) is 0 Å². The van der Waals surface area contributed by atoms with Crippen LogP contribution in [-0.2, 0) is 4.79 Å². The van der Waals surface area contributed by atoms with Gasteiger partial charge in [0.05, 0.1) is 0 Å². The topological polar surface area (TPSA) is 17.1 Å². The van der Waals surface area contributed by atoms with E-state index in [2.05, 4.69) is 12.2 Å². The molecule has 0 aromatic heterocycles. The minimum Gasteiger partial charge on any atom is -1.00 e. The van der Waals surface area contributed by atoms with Crippen molar-refractivity contribution in [1.29, 1.82) is 0 Å². The molecule has 6 heavy (non-hydrogen) atoms. The monoisotopic (exact) mass is 128 g/mol. The van der Waals surface area contributed by atoms with Crippen molar-refractivity contribution in [3.05, 3.63) is 0 Å². The summed E-state index contributed by atoms with van der Waals surface area (Å²) in [7, 11) is 0. The third kappa shape index (κ3) is 9.04. The summed E-state index contributed by atoms with van der Waals surface area (Å²) in [4.78, 5) is 9.31. The fourth-order valence-corrected chi connectivity index (χ4v) is 0.118. The summed E-state index contributed by atoms with van der Waals surface area (Å²) in [5.74, 6) is 0. The number of aldehydes is 1. The molecule has 1 nitrogen and oxygen atoms in total. The Morgan fingerprint density at radius 3 is 2.33 bits per heavy atom. The fraction of sp³-hybridized carbons (Fsp3) is 0.333. The van der Waals surface area contributed by atoms with Gasteiger partial charge >= 0.3 is 51.4 Å². The van der Waals surface area contributed by atoms with Gasteiger partial charge in [-0.2, -0.15) is 0 Å². The molecule has 0 aliphatic rings. The fourth-order valence-electron chi connectivity index (χ4n) is 0.0393. The third-order valence-electron chi connectivity index (χ3n) is 0.192. The number of hydrogen-bond donors (Lipinski definition) is 0. The second-order valence-corrected chi connectivity index (χ2v) is 0.902. The molecule has 0 heterocycles. The first-order valence-corrected chi connectivity index (χ1v) is 1.76. The molecule has 0 aliphatic heterocycles. The van der Waals surface area contributed by atoms with E-state index in [9.17, 15) is 4.79 Å². The van der Waals surface area contributed by atoms with Gasteiger partial charge in [0.1, 0.15) is 6.29 Å². The number of rotatable bonds is 2. The van der Waals surface area contributed by atoms with Crippen LogP contribution in [0, 0.1) is 0 Å². The summed E-state index contributed by atoms with van der Waals surface area (Å²) in [6.07, 6.45) is 1.17. The van der Waals surface area contributed by atoms with E-state index in [1.54, 1.807) is 0 Å². The number of hydrogen-bond acceptors (Lipinski definition) is 2. The second kappa shape index (κ2) is 9.64. The van der Waals surface area contributed by atoms with Crippen LogP contribution in [0.2, 0.25) is 0 Å². The number of carbonyl (C=O) groups excluding carboxylic acids is 1. The molecule has 3 heteroatoms. The Labute approximate surface area is 86.4 Å². The maximum absolute atomic E-state index is 9.31. The van der Waals surface area contributed by atoms with E-state index in [4.69, 9.17) is 0 Å². The Morgan fingerprint density at radius 2 is 2.33 bits per heavy atom. The maximum atomic E-state index is 9.31. The molecule has 0 fully saturated rings. The zero-order valence-electron chi connectivity index (χ0n) is 4.68. The molecule has 0 rings (SSSR count). The van der Waals surface area contributed by atoms with Crippen LogP contribution in [-0.4, -0.2) is 11.7 Å². The van der Waals surface area contributed by atoms with Crippen molar-refractivity contribution >= 4 is 23.9 Å². The van der Waals surface area contributed by atoms with Gasteiger partial charge in [-0.05, 0) is 5.37 Å². The zero-order valence-corrected chi connectivity index (χ0v) is 7.62. The molecule has 0 saturated heterocycles. The van der Waals surface area contributed by atoms with Crippen molar-refractivity contribution in [2.45, 2.75) is 6.42 Å². The quantitative estimate of drug-likeness (QED) is 0.236. The average Bonchev–Trinajstić information content (AvgIpc) is 1.41. The molecule has 0 aliphatic carbocycles. The molecule has 0 amide bonds. The van der Waals surface area contributed by atoms with Crippen LogP contribution in [0.15, 0.2) is 0 Å². The molecule has 0 N–H and O–H groups in total. The normalized spacial score (nSPS) is 5.33. The largest absolute Gasteiger partial charge is 1.00 e.